The highest BCUT2D eigenvalue weighted by atomic mass is 16.3. The summed E-state index contributed by atoms with van der Waals surface area (Å²) in [5.41, 5.74) is 1.55. The van der Waals surface area contributed by atoms with Crippen LogP contribution in [-0.4, -0.2) is 68.7 Å². The third-order valence-electron chi connectivity index (χ3n) is 7.19. The smallest absolute Gasteiger partial charge is 0.254 e. The van der Waals surface area contributed by atoms with Crippen LogP contribution < -0.4 is 5.32 Å². The zero-order valence-electron chi connectivity index (χ0n) is 18.3. The average molecular weight is 427 g/mol. The Bertz CT molecular complexity index is 863. The third kappa shape index (κ3) is 5.00. The van der Waals surface area contributed by atoms with Crippen LogP contribution in [0.25, 0.3) is 0 Å². The molecule has 1 saturated heterocycles. The van der Waals surface area contributed by atoms with Crippen molar-refractivity contribution in [1.82, 2.24) is 20.0 Å². The minimum absolute atomic E-state index is 0.104. The molecule has 0 bridgehead atoms. The van der Waals surface area contributed by atoms with Gasteiger partial charge in [-0.1, -0.05) is 30.3 Å². The number of nitrogens with zero attached hydrogens (tertiary/aromatic N) is 3. The second-order valence-corrected chi connectivity index (χ2v) is 9.21. The molecule has 0 unspecified atom stereocenters. The van der Waals surface area contributed by atoms with Crippen LogP contribution >= 0.6 is 0 Å². The molecule has 0 radical (unpaired) electrons. The lowest BCUT2D eigenvalue weighted by molar-refractivity contribution is 0.00482. The Balaban J connectivity index is 1.52. The van der Waals surface area contributed by atoms with Gasteiger partial charge < -0.3 is 15.5 Å². The molecule has 31 heavy (non-hydrogen) atoms. The molecule has 0 spiro atoms. The number of carbonyl (C=O) groups excluding carboxylic acids is 1. The Kier molecular flexibility index (Phi) is 6.74. The second-order valence-electron chi connectivity index (χ2n) is 9.21. The van der Waals surface area contributed by atoms with Crippen molar-refractivity contribution in [1.29, 1.82) is 0 Å². The lowest BCUT2D eigenvalue weighted by Crippen LogP contribution is -2.48. The first-order chi connectivity index (χ1) is 15.0. The van der Waals surface area contributed by atoms with Gasteiger partial charge in [0.05, 0.1) is 24.0 Å². The van der Waals surface area contributed by atoms with Crippen LogP contribution in [0.4, 0.5) is 0 Å². The maximum absolute atomic E-state index is 12.7. The highest BCUT2D eigenvalue weighted by molar-refractivity contribution is 5.93. The summed E-state index contributed by atoms with van der Waals surface area (Å²) in [4.78, 5) is 15.1. The number of aromatic nitrogens is 2. The maximum atomic E-state index is 12.7. The van der Waals surface area contributed by atoms with Crippen molar-refractivity contribution < 1.29 is 15.0 Å². The van der Waals surface area contributed by atoms with Crippen LogP contribution in [0.15, 0.2) is 42.7 Å². The van der Waals surface area contributed by atoms with Crippen molar-refractivity contribution >= 4 is 5.91 Å². The molecular formula is C24H34N4O3. The second kappa shape index (κ2) is 9.51. The Labute approximate surface area is 184 Å². The maximum Gasteiger partial charge on any atom is 0.254 e. The number of aryl methyl sites for hydroxylation is 1. The fourth-order valence-corrected chi connectivity index (χ4v) is 5.25. The van der Waals surface area contributed by atoms with Crippen molar-refractivity contribution in [2.24, 2.45) is 7.05 Å². The molecule has 1 aliphatic carbocycles. The number of piperidine rings is 1. The van der Waals surface area contributed by atoms with E-state index in [1.807, 2.05) is 18.2 Å². The molecule has 1 amide bonds. The third-order valence-corrected chi connectivity index (χ3v) is 7.19. The summed E-state index contributed by atoms with van der Waals surface area (Å²) < 4.78 is 1.63. The van der Waals surface area contributed by atoms with E-state index >= 15 is 0 Å². The number of nitrogens with one attached hydrogen (secondary N) is 1. The predicted octanol–water partition coefficient (Wildman–Crippen LogP) is 1.85. The van der Waals surface area contributed by atoms with Crippen LogP contribution in [0.2, 0.25) is 0 Å². The molecule has 2 fully saturated rings. The molecule has 1 aromatic carbocycles. The van der Waals surface area contributed by atoms with Gasteiger partial charge in [-0.05, 0) is 44.1 Å². The van der Waals surface area contributed by atoms with E-state index in [1.165, 1.54) is 5.56 Å². The van der Waals surface area contributed by atoms with Crippen LogP contribution in [-0.2, 0) is 12.5 Å². The topological polar surface area (TPSA) is 90.6 Å². The first kappa shape index (κ1) is 22.0. The van der Waals surface area contributed by atoms with Crippen LogP contribution in [0.1, 0.15) is 54.4 Å². The van der Waals surface area contributed by atoms with Crippen LogP contribution in [0.3, 0.4) is 0 Å². The Morgan fingerprint density at radius 3 is 2.52 bits per heavy atom. The summed E-state index contributed by atoms with van der Waals surface area (Å²) >= 11 is 0. The molecule has 7 heteroatoms. The number of hydrogen-bond donors (Lipinski definition) is 3. The first-order valence-corrected chi connectivity index (χ1v) is 11.4. The molecule has 1 aliphatic heterocycles. The minimum Gasteiger partial charge on any atom is -0.393 e. The molecule has 3 atom stereocenters. The molecule has 2 aromatic rings. The van der Waals surface area contributed by atoms with Gasteiger partial charge in [-0.25, -0.2) is 0 Å². The Morgan fingerprint density at radius 1 is 1.13 bits per heavy atom. The van der Waals surface area contributed by atoms with Gasteiger partial charge in [-0.3, -0.25) is 14.4 Å². The van der Waals surface area contributed by atoms with Crippen LogP contribution in [0.5, 0.6) is 0 Å². The normalized spacial score (nSPS) is 28.2. The fraction of sp³-hybridized carbons (Fsp3) is 0.583. The number of aliphatic hydroxyl groups is 2. The number of rotatable bonds is 5. The number of hydrogen-bond acceptors (Lipinski definition) is 5. The molecule has 2 heterocycles. The molecule has 3 N–H and O–H groups in total. The number of likely N-dealkylation sites (tertiary alicyclic amines) is 1. The molecule has 1 aromatic heterocycles. The van der Waals surface area contributed by atoms with E-state index in [4.69, 9.17) is 0 Å². The lowest BCUT2D eigenvalue weighted by atomic mass is 9.74. The Morgan fingerprint density at radius 2 is 1.84 bits per heavy atom. The summed E-state index contributed by atoms with van der Waals surface area (Å²) in [7, 11) is 1.80. The van der Waals surface area contributed by atoms with Gasteiger partial charge in [-0.15, -0.1) is 0 Å². The fourth-order valence-electron chi connectivity index (χ4n) is 5.25. The van der Waals surface area contributed by atoms with Crippen molar-refractivity contribution in [3.8, 4) is 0 Å². The highest BCUT2D eigenvalue weighted by Gasteiger charge is 2.40. The van der Waals surface area contributed by atoms with Crippen molar-refractivity contribution in [3.05, 3.63) is 53.9 Å². The van der Waals surface area contributed by atoms with Gasteiger partial charge in [-0.2, -0.15) is 5.10 Å². The molecule has 1 saturated carbocycles. The monoisotopic (exact) mass is 426 g/mol. The standard InChI is InChI=1S/C24H34N4O3/c1-27-16-18(15-26-27)23(31)25-17-24(19-5-3-2-4-6-19)11-7-21(22(30)8-12-24)28-13-9-20(29)10-14-28/h2-6,15-16,20-22,29-30H,7-14,17H2,1H3,(H,25,31)/t21-,22-,24-/m0/s1. The van der Waals surface area contributed by atoms with Gasteiger partial charge in [0.1, 0.15) is 0 Å². The lowest BCUT2D eigenvalue weighted by Gasteiger charge is -2.38. The van der Waals surface area contributed by atoms with Crippen LogP contribution in [0, 0.1) is 0 Å². The van der Waals surface area contributed by atoms with E-state index in [0.29, 0.717) is 18.5 Å². The van der Waals surface area contributed by atoms with E-state index in [2.05, 4.69) is 27.4 Å². The SMILES string of the molecule is Cn1cc(C(=O)NC[C@@]2(c3ccccc3)CC[C@H](O)[C@@H](N3CCC(O)CC3)CC2)cn1. The quantitative estimate of drug-likeness (QED) is 0.635. The molecule has 168 valence electrons. The zero-order chi connectivity index (χ0) is 21.8. The highest BCUT2D eigenvalue weighted by Crippen LogP contribution is 2.39. The molecule has 7 nitrogen and oxygen atoms in total. The summed E-state index contributed by atoms with van der Waals surface area (Å²) in [6.45, 7) is 2.20. The van der Waals surface area contributed by atoms with Crippen molar-refractivity contribution in [3.63, 3.8) is 0 Å². The van der Waals surface area contributed by atoms with E-state index < -0.39 is 6.10 Å². The largest absolute Gasteiger partial charge is 0.393 e. The van der Waals surface area contributed by atoms with E-state index in [-0.39, 0.29) is 23.5 Å². The summed E-state index contributed by atoms with van der Waals surface area (Å²) in [5, 5.41) is 28.1. The summed E-state index contributed by atoms with van der Waals surface area (Å²) in [6.07, 6.45) is 7.52. The van der Waals surface area contributed by atoms with Gasteiger partial charge in [0, 0.05) is 44.3 Å². The number of carbonyl (C=O) groups is 1. The van der Waals surface area contributed by atoms with Gasteiger partial charge in [0.15, 0.2) is 0 Å². The number of benzene rings is 1. The van der Waals surface area contributed by atoms with E-state index in [0.717, 1.165) is 45.2 Å². The number of aliphatic hydroxyl groups excluding tert-OH is 2. The number of amides is 1. The zero-order valence-corrected chi connectivity index (χ0v) is 18.3. The molecule has 4 rings (SSSR count). The van der Waals surface area contributed by atoms with Gasteiger partial charge in [0.2, 0.25) is 0 Å². The van der Waals surface area contributed by atoms with E-state index in [9.17, 15) is 15.0 Å². The van der Waals surface area contributed by atoms with E-state index in [1.54, 1.807) is 24.1 Å². The first-order valence-electron chi connectivity index (χ1n) is 11.4. The average Bonchev–Trinajstić information content (AvgIpc) is 3.15. The molecular weight excluding hydrogens is 392 g/mol. The summed E-state index contributed by atoms with van der Waals surface area (Å²) in [5.74, 6) is -0.116. The Hall–Kier alpha value is -2.22. The minimum atomic E-state index is -0.394. The van der Waals surface area contributed by atoms with Gasteiger partial charge in [0.25, 0.3) is 5.91 Å². The molecule has 2 aliphatic rings. The van der Waals surface area contributed by atoms with Crippen molar-refractivity contribution in [2.45, 2.75) is 62.2 Å². The predicted molar refractivity (Wildman–Crippen MR) is 119 cm³/mol. The van der Waals surface area contributed by atoms with Gasteiger partial charge >= 0.3 is 0 Å². The summed E-state index contributed by atoms with van der Waals surface area (Å²) in [6, 6.07) is 10.5. The van der Waals surface area contributed by atoms with Crippen molar-refractivity contribution in [2.75, 3.05) is 19.6 Å².